The molecule has 2 aromatic rings. The number of fused-ring (bicyclic) bond motifs is 4. The number of nitrogens with zero attached hydrogens (tertiary/aromatic N) is 2. The van der Waals surface area contributed by atoms with Gasteiger partial charge in [0.05, 0.1) is 0 Å². The van der Waals surface area contributed by atoms with Crippen molar-refractivity contribution in [3.05, 3.63) is 69.6 Å². The third-order valence-corrected chi connectivity index (χ3v) is 5.33. The number of carbonyl (C=O) groups is 1. The van der Waals surface area contributed by atoms with E-state index >= 15 is 0 Å². The number of likely N-dealkylation sites (N-methyl/N-ethyl adjacent to an activating group) is 1. The summed E-state index contributed by atoms with van der Waals surface area (Å²) in [6, 6.07) is 13.4. The van der Waals surface area contributed by atoms with Gasteiger partial charge in [-0.15, -0.1) is 0 Å². The molecule has 1 N–H and O–H groups in total. The van der Waals surface area contributed by atoms with Crippen molar-refractivity contribution in [1.82, 2.24) is 14.8 Å². The molecule has 1 aromatic carbocycles. The van der Waals surface area contributed by atoms with Gasteiger partial charge < -0.3 is 14.8 Å². The Hall–Kier alpha value is -2.40. The van der Waals surface area contributed by atoms with Crippen LogP contribution in [0.15, 0.2) is 47.3 Å². The van der Waals surface area contributed by atoms with Gasteiger partial charge in [0.2, 0.25) is 0 Å². The molecular weight excluding hydrogens is 314 g/mol. The first-order valence-corrected chi connectivity index (χ1v) is 8.86. The van der Waals surface area contributed by atoms with Crippen LogP contribution in [0, 0.1) is 5.92 Å². The molecule has 130 valence electrons. The predicted molar refractivity (Wildman–Crippen MR) is 96.7 cm³/mol. The number of hydrogen-bond donors (Lipinski definition) is 1. The maximum atomic E-state index is 12.9. The first kappa shape index (κ1) is 16.1. The summed E-state index contributed by atoms with van der Waals surface area (Å²) < 4.78 is 1.84. The lowest BCUT2D eigenvalue weighted by Gasteiger charge is -2.41. The van der Waals surface area contributed by atoms with Crippen LogP contribution >= 0.6 is 0 Å². The van der Waals surface area contributed by atoms with E-state index in [0.717, 1.165) is 37.3 Å². The average molecular weight is 337 g/mol. The van der Waals surface area contributed by atoms with Gasteiger partial charge in [0.15, 0.2) is 0 Å². The second kappa shape index (κ2) is 6.48. The number of aromatic nitrogens is 1. The number of pyridine rings is 1. The molecule has 0 spiro atoms. The predicted octanol–water partition coefficient (Wildman–Crippen LogP) is 1.83. The fourth-order valence-corrected chi connectivity index (χ4v) is 4.23. The Balaban J connectivity index is 1.57. The van der Waals surface area contributed by atoms with E-state index in [0.29, 0.717) is 18.4 Å². The van der Waals surface area contributed by atoms with Crippen molar-refractivity contribution in [2.45, 2.75) is 25.4 Å². The van der Waals surface area contributed by atoms with E-state index in [1.165, 1.54) is 0 Å². The molecule has 1 saturated heterocycles. The summed E-state index contributed by atoms with van der Waals surface area (Å²) in [6.45, 7) is 3.15. The molecule has 4 rings (SSSR count). The summed E-state index contributed by atoms with van der Waals surface area (Å²) in [4.78, 5) is 27.7. The number of likely N-dealkylation sites (tertiary alicyclic amines) is 1. The third-order valence-electron chi connectivity index (χ3n) is 5.33. The molecular formula is C20H23N3O2. The first-order chi connectivity index (χ1) is 12.1. The molecule has 5 heteroatoms. The smallest absolute Gasteiger partial charge is 0.263 e. The van der Waals surface area contributed by atoms with Gasteiger partial charge in [-0.2, -0.15) is 0 Å². The number of piperidine rings is 1. The van der Waals surface area contributed by atoms with Gasteiger partial charge in [-0.3, -0.25) is 9.59 Å². The highest BCUT2D eigenvalue weighted by atomic mass is 16.2. The maximum absolute atomic E-state index is 12.9. The van der Waals surface area contributed by atoms with Crippen molar-refractivity contribution >= 4 is 5.91 Å². The molecule has 3 heterocycles. The van der Waals surface area contributed by atoms with E-state index in [9.17, 15) is 9.59 Å². The van der Waals surface area contributed by atoms with Crippen molar-refractivity contribution in [2.75, 3.05) is 20.1 Å². The highest BCUT2D eigenvalue weighted by Gasteiger charge is 2.34. The van der Waals surface area contributed by atoms with Gasteiger partial charge in [0, 0.05) is 37.8 Å². The fraction of sp³-hybridized carbons (Fsp3) is 0.400. The molecule has 0 radical (unpaired) electrons. The molecule has 0 saturated carbocycles. The van der Waals surface area contributed by atoms with Crippen LogP contribution in [0.4, 0.5) is 0 Å². The summed E-state index contributed by atoms with van der Waals surface area (Å²) >= 11 is 0. The molecule has 2 aliphatic rings. The Morgan fingerprint density at radius 3 is 2.72 bits per heavy atom. The molecule has 2 bridgehead atoms. The Morgan fingerprint density at radius 1 is 1.12 bits per heavy atom. The number of benzene rings is 1. The Bertz CT molecular complexity index is 844. The number of rotatable bonds is 3. The minimum absolute atomic E-state index is 0.151. The molecule has 2 atom stereocenters. The van der Waals surface area contributed by atoms with Crippen molar-refractivity contribution in [1.29, 1.82) is 0 Å². The first-order valence-electron chi connectivity index (χ1n) is 8.86. The van der Waals surface area contributed by atoms with Crippen molar-refractivity contribution < 1.29 is 4.79 Å². The highest BCUT2D eigenvalue weighted by Crippen LogP contribution is 2.34. The van der Waals surface area contributed by atoms with Crippen LogP contribution in [-0.2, 0) is 13.1 Å². The van der Waals surface area contributed by atoms with Crippen molar-refractivity contribution in [3.8, 4) is 0 Å². The zero-order valence-electron chi connectivity index (χ0n) is 14.4. The lowest BCUT2D eigenvalue weighted by atomic mass is 9.83. The number of nitrogens with one attached hydrogen (secondary N) is 1. The molecule has 0 unspecified atom stereocenters. The van der Waals surface area contributed by atoms with Crippen LogP contribution < -0.4 is 10.9 Å². The van der Waals surface area contributed by atoms with E-state index in [2.05, 4.69) is 17.3 Å². The van der Waals surface area contributed by atoms with Crippen LogP contribution in [0.25, 0.3) is 0 Å². The van der Waals surface area contributed by atoms with Crippen molar-refractivity contribution in [3.63, 3.8) is 0 Å². The largest absolute Gasteiger partial charge is 0.348 e. The van der Waals surface area contributed by atoms with E-state index in [-0.39, 0.29) is 17.0 Å². The zero-order chi connectivity index (χ0) is 17.4. The third kappa shape index (κ3) is 3.12. The molecule has 2 aliphatic heterocycles. The van der Waals surface area contributed by atoms with E-state index in [4.69, 9.17) is 0 Å². The van der Waals surface area contributed by atoms with Crippen LogP contribution in [-0.4, -0.2) is 35.5 Å². The van der Waals surface area contributed by atoms with Crippen LogP contribution in [0.1, 0.15) is 34.0 Å². The second-order valence-electron chi connectivity index (χ2n) is 7.28. The summed E-state index contributed by atoms with van der Waals surface area (Å²) in [5.74, 6) is 0.597. The van der Waals surface area contributed by atoms with E-state index < -0.39 is 0 Å². The van der Waals surface area contributed by atoms with Gasteiger partial charge in [-0.05, 0) is 37.1 Å². The summed E-state index contributed by atoms with van der Waals surface area (Å²) in [5.41, 5.74) is 2.19. The molecule has 1 aromatic heterocycles. The number of amides is 1. The normalized spacial score (nSPS) is 22.3. The maximum Gasteiger partial charge on any atom is 0.263 e. The standard InChI is InChI=1S/C20H23N3O2/c1-22-11-15-9-16(13-22)18-8-7-17(20(25)23(18)12-15)19(24)21-10-14-5-3-2-4-6-14/h2-8,15-16H,9-13H2,1H3,(H,21,24)/t15-,16-/m1/s1. The van der Waals surface area contributed by atoms with Gasteiger partial charge in [-0.1, -0.05) is 30.3 Å². The minimum Gasteiger partial charge on any atom is -0.348 e. The quantitative estimate of drug-likeness (QED) is 0.930. The summed E-state index contributed by atoms with van der Waals surface area (Å²) in [5, 5.41) is 2.86. The molecule has 0 aliphatic carbocycles. The van der Waals surface area contributed by atoms with Gasteiger partial charge >= 0.3 is 0 Å². The van der Waals surface area contributed by atoms with Gasteiger partial charge in [0.25, 0.3) is 11.5 Å². The molecule has 1 amide bonds. The number of carbonyl (C=O) groups excluding carboxylic acids is 1. The van der Waals surface area contributed by atoms with Crippen LogP contribution in [0.3, 0.4) is 0 Å². The Labute approximate surface area is 147 Å². The van der Waals surface area contributed by atoms with Gasteiger partial charge in [0.1, 0.15) is 5.56 Å². The van der Waals surface area contributed by atoms with E-state index in [1.54, 1.807) is 6.07 Å². The lowest BCUT2D eigenvalue weighted by Crippen LogP contribution is -2.46. The van der Waals surface area contributed by atoms with Crippen LogP contribution in [0.2, 0.25) is 0 Å². The molecule has 25 heavy (non-hydrogen) atoms. The van der Waals surface area contributed by atoms with Crippen LogP contribution in [0.5, 0.6) is 0 Å². The molecule has 1 fully saturated rings. The monoisotopic (exact) mass is 337 g/mol. The minimum atomic E-state index is -0.294. The topological polar surface area (TPSA) is 54.3 Å². The zero-order valence-corrected chi connectivity index (χ0v) is 14.4. The fourth-order valence-electron chi connectivity index (χ4n) is 4.23. The Morgan fingerprint density at radius 2 is 1.92 bits per heavy atom. The van der Waals surface area contributed by atoms with Gasteiger partial charge in [-0.25, -0.2) is 0 Å². The van der Waals surface area contributed by atoms with Crippen molar-refractivity contribution in [2.24, 2.45) is 5.92 Å². The molecule has 5 nitrogen and oxygen atoms in total. The SMILES string of the molecule is CN1C[C@H]2C[C@H](C1)c1ccc(C(=O)NCc3ccccc3)c(=O)n1C2. The lowest BCUT2D eigenvalue weighted by molar-refractivity contribution is 0.0946. The number of hydrogen-bond acceptors (Lipinski definition) is 3. The highest BCUT2D eigenvalue weighted by molar-refractivity contribution is 5.93. The van der Waals surface area contributed by atoms with E-state index in [1.807, 2.05) is 41.0 Å². The summed E-state index contributed by atoms with van der Waals surface area (Å²) in [7, 11) is 2.14. The second-order valence-corrected chi connectivity index (χ2v) is 7.28. The average Bonchev–Trinajstić information content (AvgIpc) is 2.61. The Kier molecular flexibility index (Phi) is 4.17. The summed E-state index contributed by atoms with van der Waals surface area (Å²) in [6.07, 6.45) is 1.14.